The molecule has 0 fully saturated rings. The van der Waals surface area contributed by atoms with Gasteiger partial charge in [-0.15, -0.1) is 0 Å². The molecule has 0 saturated heterocycles. The van der Waals surface area contributed by atoms with Crippen molar-refractivity contribution in [3.05, 3.63) is 36.5 Å². The monoisotopic (exact) mass is 1040 g/mol. The first-order valence-electron chi connectivity index (χ1n) is 33.3. The van der Waals surface area contributed by atoms with Gasteiger partial charge in [-0.3, -0.25) is 9.59 Å². The highest BCUT2D eigenvalue weighted by molar-refractivity contribution is 5.76. The molecule has 1 amide bonds. The van der Waals surface area contributed by atoms with E-state index in [0.717, 1.165) is 44.9 Å². The lowest BCUT2D eigenvalue weighted by molar-refractivity contribution is -0.143. The summed E-state index contributed by atoms with van der Waals surface area (Å²) in [4.78, 5) is 24.6. The number of esters is 1. The van der Waals surface area contributed by atoms with Gasteiger partial charge in [-0.2, -0.15) is 0 Å². The molecule has 0 aliphatic rings. The predicted octanol–water partition coefficient (Wildman–Crippen LogP) is 21.1. The van der Waals surface area contributed by atoms with Crippen molar-refractivity contribution in [3.8, 4) is 0 Å². The Kier molecular flexibility index (Phi) is 62.0. The van der Waals surface area contributed by atoms with Gasteiger partial charge in [0, 0.05) is 12.8 Å². The van der Waals surface area contributed by atoms with Crippen LogP contribution in [0.25, 0.3) is 0 Å². The smallest absolute Gasteiger partial charge is 0.305 e. The zero-order valence-corrected chi connectivity index (χ0v) is 49.8. The number of aliphatic hydroxyl groups is 2. The van der Waals surface area contributed by atoms with E-state index in [9.17, 15) is 19.8 Å². The summed E-state index contributed by atoms with van der Waals surface area (Å²) >= 11 is 0. The van der Waals surface area contributed by atoms with E-state index < -0.39 is 12.1 Å². The van der Waals surface area contributed by atoms with E-state index in [-0.39, 0.29) is 18.5 Å². The van der Waals surface area contributed by atoms with Crippen molar-refractivity contribution in [2.45, 2.75) is 373 Å². The Bertz CT molecular complexity index is 1200. The van der Waals surface area contributed by atoms with Crippen molar-refractivity contribution in [1.82, 2.24) is 5.32 Å². The number of aliphatic hydroxyl groups excluding tert-OH is 2. The number of nitrogens with one attached hydrogen (secondary N) is 1. The average Bonchev–Trinajstić information content (AvgIpc) is 3.40. The number of hydrogen-bond donors (Lipinski definition) is 3. The molecule has 0 aromatic carbocycles. The van der Waals surface area contributed by atoms with Gasteiger partial charge in [0.25, 0.3) is 0 Å². The molecular formula is C68H129NO5. The molecule has 0 heterocycles. The molecule has 2 atom stereocenters. The Labute approximate surface area is 462 Å². The lowest BCUT2D eigenvalue weighted by Gasteiger charge is -2.20. The summed E-state index contributed by atoms with van der Waals surface area (Å²) in [6.45, 7) is 4.92. The summed E-state index contributed by atoms with van der Waals surface area (Å²) in [5, 5.41) is 23.1. The third-order valence-corrected chi connectivity index (χ3v) is 15.4. The van der Waals surface area contributed by atoms with E-state index >= 15 is 0 Å². The van der Waals surface area contributed by atoms with Crippen molar-refractivity contribution in [3.63, 3.8) is 0 Å². The van der Waals surface area contributed by atoms with E-state index in [2.05, 4.69) is 43.5 Å². The van der Waals surface area contributed by atoms with Crippen LogP contribution < -0.4 is 5.32 Å². The second-order valence-electron chi connectivity index (χ2n) is 22.8. The van der Waals surface area contributed by atoms with E-state index in [0.29, 0.717) is 19.4 Å². The van der Waals surface area contributed by atoms with Crippen LogP contribution in [0.5, 0.6) is 0 Å². The molecule has 3 N–H and O–H groups in total. The third kappa shape index (κ3) is 59.3. The predicted molar refractivity (Wildman–Crippen MR) is 324 cm³/mol. The van der Waals surface area contributed by atoms with Crippen LogP contribution >= 0.6 is 0 Å². The average molecular weight is 1040 g/mol. The van der Waals surface area contributed by atoms with Crippen molar-refractivity contribution in [1.29, 1.82) is 0 Å². The van der Waals surface area contributed by atoms with Crippen molar-refractivity contribution in [2.24, 2.45) is 0 Å². The van der Waals surface area contributed by atoms with E-state index in [1.54, 1.807) is 6.08 Å². The number of amides is 1. The molecule has 436 valence electrons. The van der Waals surface area contributed by atoms with E-state index in [4.69, 9.17) is 4.74 Å². The Hall–Kier alpha value is -1.92. The number of unbranched alkanes of at least 4 members (excludes halogenated alkanes) is 47. The normalized spacial score (nSPS) is 12.8. The van der Waals surface area contributed by atoms with Crippen molar-refractivity contribution in [2.75, 3.05) is 13.2 Å². The van der Waals surface area contributed by atoms with Gasteiger partial charge in [-0.1, -0.05) is 301 Å². The first-order chi connectivity index (χ1) is 36.5. The number of carbonyl (C=O) groups is 2. The van der Waals surface area contributed by atoms with Gasteiger partial charge >= 0.3 is 5.97 Å². The molecule has 0 spiro atoms. The first-order valence-corrected chi connectivity index (χ1v) is 33.3. The minimum Gasteiger partial charge on any atom is -0.466 e. The SMILES string of the molecule is CCCCCCCC/C=C\CCCCCCCCCC(=O)OCCCCCCCCCCCCCC/C=C\CCCCCCCCCCCC(=O)NC(CO)C(O)/C=C/CCCCCCCCCCCCCCC. The third-order valence-electron chi connectivity index (χ3n) is 15.4. The van der Waals surface area contributed by atoms with Crippen LogP contribution in [-0.4, -0.2) is 47.4 Å². The Balaban J connectivity index is 3.40. The molecule has 0 saturated carbocycles. The lowest BCUT2D eigenvalue weighted by atomic mass is 10.0. The fourth-order valence-electron chi connectivity index (χ4n) is 10.3. The van der Waals surface area contributed by atoms with Crippen LogP contribution in [-0.2, 0) is 14.3 Å². The summed E-state index contributed by atoms with van der Waals surface area (Å²) in [6.07, 6.45) is 80.6. The van der Waals surface area contributed by atoms with Gasteiger partial charge in [0.2, 0.25) is 5.91 Å². The zero-order valence-electron chi connectivity index (χ0n) is 49.8. The maximum absolute atomic E-state index is 12.5. The largest absolute Gasteiger partial charge is 0.466 e. The highest BCUT2D eigenvalue weighted by atomic mass is 16.5. The topological polar surface area (TPSA) is 95.9 Å². The molecule has 6 heteroatoms. The number of rotatable bonds is 62. The Morgan fingerprint density at radius 2 is 0.635 bits per heavy atom. The van der Waals surface area contributed by atoms with E-state index in [1.807, 2.05) is 6.08 Å². The molecule has 0 radical (unpaired) electrons. The lowest BCUT2D eigenvalue weighted by Crippen LogP contribution is -2.45. The van der Waals surface area contributed by atoms with Crippen LogP contribution in [0.4, 0.5) is 0 Å². The second kappa shape index (κ2) is 63.6. The van der Waals surface area contributed by atoms with Crippen molar-refractivity contribution < 1.29 is 24.5 Å². The van der Waals surface area contributed by atoms with Crippen LogP contribution in [0.15, 0.2) is 36.5 Å². The van der Waals surface area contributed by atoms with Crippen LogP contribution in [0, 0.1) is 0 Å². The molecule has 6 nitrogen and oxygen atoms in total. The zero-order chi connectivity index (χ0) is 53.6. The summed E-state index contributed by atoms with van der Waals surface area (Å²) in [5.74, 6) is -0.0597. The first kappa shape index (κ1) is 72.1. The van der Waals surface area contributed by atoms with Crippen molar-refractivity contribution >= 4 is 11.9 Å². The van der Waals surface area contributed by atoms with Gasteiger partial charge in [-0.05, 0) is 83.5 Å². The fraction of sp³-hybridized carbons (Fsp3) is 0.882. The van der Waals surface area contributed by atoms with Gasteiger partial charge in [0.1, 0.15) is 0 Å². The van der Waals surface area contributed by atoms with Gasteiger partial charge in [0.05, 0.1) is 25.4 Å². The van der Waals surface area contributed by atoms with Crippen LogP contribution in [0.1, 0.15) is 361 Å². The van der Waals surface area contributed by atoms with E-state index in [1.165, 1.54) is 289 Å². The summed E-state index contributed by atoms with van der Waals surface area (Å²) < 4.78 is 5.50. The van der Waals surface area contributed by atoms with Crippen LogP contribution in [0.2, 0.25) is 0 Å². The molecule has 0 bridgehead atoms. The minimum absolute atomic E-state index is 0.00991. The van der Waals surface area contributed by atoms with Crippen LogP contribution in [0.3, 0.4) is 0 Å². The van der Waals surface area contributed by atoms with Gasteiger partial charge in [-0.25, -0.2) is 0 Å². The number of ether oxygens (including phenoxy) is 1. The summed E-state index contributed by atoms with van der Waals surface area (Å²) in [5.41, 5.74) is 0. The quantitative estimate of drug-likeness (QED) is 0.0320. The fourth-order valence-corrected chi connectivity index (χ4v) is 10.3. The maximum atomic E-state index is 12.5. The summed E-state index contributed by atoms with van der Waals surface area (Å²) in [6, 6.07) is -0.630. The molecule has 0 rings (SSSR count). The molecule has 0 aromatic rings. The molecule has 2 unspecified atom stereocenters. The number of allylic oxidation sites excluding steroid dienone is 5. The molecule has 0 aliphatic heterocycles. The highest BCUT2D eigenvalue weighted by Gasteiger charge is 2.18. The van der Waals surface area contributed by atoms with Gasteiger partial charge < -0.3 is 20.3 Å². The molecular weight excluding hydrogens is 911 g/mol. The maximum Gasteiger partial charge on any atom is 0.305 e. The van der Waals surface area contributed by atoms with Gasteiger partial charge in [0.15, 0.2) is 0 Å². The Morgan fingerprint density at radius 1 is 0.365 bits per heavy atom. The number of carbonyl (C=O) groups excluding carboxylic acids is 2. The Morgan fingerprint density at radius 3 is 0.959 bits per heavy atom. The minimum atomic E-state index is -0.846. The summed E-state index contributed by atoms with van der Waals surface area (Å²) in [7, 11) is 0. The number of hydrogen-bond acceptors (Lipinski definition) is 5. The standard InChI is InChI=1S/C68H129NO5/c1-3-5-7-9-11-13-15-17-19-29-34-38-42-46-50-54-58-62-68(73)74-63-59-55-51-47-43-39-35-31-28-26-24-22-20-21-23-25-27-30-33-37-41-45-49-53-57-61-67(72)69-65(64-70)66(71)60-56-52-48-44-40-36-32-18-16-14-12-10-8-6-4-2/h17,19,21,23,56,60,65-66,70-71H,3-16,18,20,22,24-55,57-59,61-64H2,1-2H3,(H,69,72)/b19-17-,23-21-,60-56+. The molecule has 0 aromatic heterocycles. The highest BCUT2D eigenvalue weighted by Crippen LogP contribution is 2.17. The second-order valence-corrected chi connectivity index (χ2v) is 22.8. The molecule has 74 heavy (non-hydrogen) atoms. The molecule has 0 aliphatic carbocycles.